The molecule has 106 valence electrons. The minimum atomic E-state index is -0.878. The van der Waals surface area contributed by atoms with E-state index in [0.29, 0.717) is 12.7 Å². The first-order valence-corrected chi connectivity index (χ1v) is 6.17. The van der Waals surface area contributed by atoms with Crippen molar-refractivity contribution >= 4 is 11.7 Å². The van der Waals surface area contributed by atoms with Crippen LogP contribution < -0.4 is 4.90 Å². The molecule has 0 N–H and O–H groups in total. The molecule has 0 spiro atoms. The van der Waals surface area contributed by atoms with Crippen LogP contribution in [0, 0.1) is 11.6 Å². The van der Waals surface area contributed by atoms with E-state index >= 15 is 0 Å². The number of unbranched alkanes of at least 4 members (excludes halogenated alkanes) is 1. The van der Waals surface area contributed by atoms with E-state index in [4.69, 9.17) is 4.74 Å². The molecule has 19 heavy (non-hydrogen) atoms. The first kappa shape index (κ1) is 15.5. The minimum absolute atomic E-state index is 0.211. The second kappa shape index (κ2) is 7.13. The fourth-order valence-electron chi connectivity index (χ4n) is 1.51. The molecule has 0 aromatic carbocycles. The van der Waals surface area contributed by atoms with Crippen molar-refractivity contribution in [3.63, 3.8) is 0 Å². The lowest BCUT2D eigenvalue weighted by Gasteiger charge is -2.21. The zero-order valence-electron chi connectivity index (χ0n) is 11.3. The molecule has 1 amide bonds. The van der Waals surface area contributed by atoms with E-state index in [0.717, 1.165) is 23.9 Å². The molecule has 0 bridgehead atoms. The van der Waals surface area contributed by atoms with Crippen LogP contribution >= 0.6 is 0 Å². The lowest BCUT2D eigenvalue weighted by molar-refractivity contribution is -0.128. The highest BCUT2D eigenvalue weighted by Crippen LogP contribution is 2.16. The summed E-state index contributed by atoms with van der Waals surface area (Å²) in [7, 11) is 1.38. The zero-order valence-corrected chi connectivity index (χ0v) is 11.3. The molecule has 0 fully saturated rings. The van der Waals surface area contributed by atoms with Crippen LogP contribution in [0.15, 0.2) is 12.3 Å². The van der Waals surface area contributed by atoms with E-state index < -0.39 is 23.6 Å². The molecule has 0 radical (unpaired) electrons. The third-order valence-electron chi connectivity index (χ3n) is 2.65. The Morgan fingerprint density at radius 1 is 1.53 bits per heavy atom. The highest BCUT2D eigenvalue weighted by Gasteiger charge is 2.22. The maximum absolute atomic E-state index is 13.5. The lowest BCUT2D eigenvalue weighted by Crippen LogP contribution is -2.37. The summed E-state index contributed by atoms with van der Waals surface area (Å²) >= 11 is 0. The second-order valence-corrected chi connectivity index (χ2v) is 4.22. The van der Waals surface area contributed by atoms with E-state index in [-0.39, 0.29) is 5.82 Å². The Hall–Kier alpha value is -1.56. The summed E-state index contributed by atoms with van der Waals surface area (Å²) < 4.78 is 31.6. The first-order valence-electron chi connectivity index (χ1n) is 6.17. The molecule has 1 heterocycles. The second-order valence-electron chi connectivity index (χ2n) is 4.22. The third kappa shape index (κ3) is 4.24. The number of halogens is 2. The topological polar surface area (TPSA) is 42.4 Å². The number of anilines is 1. The van der Waals surface area contributed by atoms with Gasteiger partial charge in [-0.1, -0.05) is 13.3 Å². The van der Waals surface area contributed by atoms with Gasteiger partial charge in [-0.2, -0.15) is 0 Å². The van der Waals surface area contributed by atoms with E-state index in [1.807, 2.05) is 6.92 Å². The average molecular weight is 272 g/mol. The number of hydrogen-bond donors (Lipinski definition) is 0. The van der Waals surface area contributed by atoms with Crippen molar-refractivity contribution < 1.29 is 18.3 Å². The minimum Gasteiger partial charge on any atom is -0.369 e. The maximum atomic E-state index is 13.5. The van der Waals surface area contributed by atoms with E-state index in [1.54, 1.807) is 6.92 Å². The van der Waals surface area contributed by atoms with Crippen LogP contribution in [0.1, 0.15) is 26.7 Å². The van der Waals surface area contributed by atoms with E-state index in [9.17, 15) is 13.6 Å². The lowest BCUT2D eigenvalue weighted by atomic mass is 10.3. The van der Waals surface area contributed by atoms with Crippen LogP contribution in [0.25, 0.3) is 0 Å². The van der Waals surface area contributed by atoms with Gasteiger partial charge in [-0.25, -0.2) is 13.8 Å². The van der Waals surface area contributed by atoms with Crippen molar-refractivity contribution in [2.45, 2.75) is 32.8 Å². The quantitative estimate of drug-likeness (QED) is 0.747. The van der Waals surface area contributed by atoms with Crippen molar-refractivity contribution in [1.29, 1.82) is 0 Å². The number of likely N-dealkylation sites (N-methyl/N-ethyl adjacent to an activating group) is 1. The van der Waals surface area contributed by atoms with Gasteiger partial charge in [-0.05, 0) is 13.3 Å². The van der Waals surface area contributed by atoms with Crippen molar-refractivity contribution in [2.24, 2.45) is 0 Å². The smallest absolute Gasteiger partial charge is 0.256 e. The number of aromatic nitrogens is 1. The zero-order chi connectivity index (χ0) is 14.4. The summed E-state index contributed by atoms with van der Waals surface area (Å²) in [5.41, 5.74) is 0. The number of hydrogen-bond acceptors (Lipinski definition) is 3. The molecule has 0 aliphatic carbocycles. The molecule has 0 saturated carbocycles. The Labute approximate surface area is 111 Å². The summed E-state index contributed by atoms with van der Waals surface area (Å²) in [5.74, 6) is -2.29. The molecule has 1 aromatic rings. The molecule has 6 heteroatoms. The fourth-order valence-corrected chi connectivity index (χ4v) is 1.51. The van der Waals surface area contributed by atoms with Crippen molar-refractivity contribution in [2.75, 3.05) is 18.6 Å². The molecule has 0 aliphatic heterocycles. The number of carbonyl (C=O) groups excluding carboxylic acids is 1. The van der Waals surface area contributed by atoms with E-state index in [2.05, 4.69) is 4.98 Å². The third-order valence-corrected chi connectivity index (χ3v) is 2.65. The SMILES string of the molecule is CCCCO[C@H](C)C(=O)N(C)c1ncc(F)cc1F. The molecule has 1 atom stereocenters. The molecule has 1 aromatic heterocycles. The van der Waals surface area contributed by atoms with Crippen LogP contribution in [0.2, 0.25) is 0 Å². The summed E-state index contributed by atoms with van der Waals surface area (Å²) in [4.78, 5) is 16.6. The first-order chi connectivity index (χ1) is 8.97. The molecule has 1 rings (SSSR count). The van der Waals surface area contributed by atoms with Crippen molar-refractivity contribution in [3.05, 3.63) is 23.9 Å². The molecular formula is C13H18F2N2O2. The molecule has 0 aliphatic rings. The Kier molecular flexibility index (Phi) is 5.82. The fraction of sp³-hybridized carbons (Fsp3) is 0.538. The van der Waals surface area contributed by atoms with Gasteiger partial charge in [0.2, 0.25) is 0 Å². The molecule has 0 unspecified atom stereocenters. The van der Waals surface area contributed by atoms with Gasteiger partial charge in [-0.3, -0.25) is 9.69 Å². The van der Waals surface area contributed by atoms with Gasteiger partial charge >= 0.3 is 0 Å². The Morgan fingerprint density at radius 2 is 2.21 bits per heavy atom. The van der Waals surface area contributed by atoms with Crippen LogP contribution in [-0.2, 0) is 9.53 Å². The number of amides is 1. The number of pyridine rings is 1. The number of ether oxygens (including phenoxy) is 1. The van der Waals surface area contributed by atoms with Gasteiger partial charge in [0.05, 0.1) is 6.20 Å². The van der Waals surface area contributed by atoms with Gasteiger partial charge < -0.3 is 4.74 Å². The molecule has 0 saturated heterocycles. The predicted molar refractivity (Wildman–Crippen MR) is 67.9 cm³/mol. The average Bonchev–Trinajstić information content (AvgIpc) is 2.37. The van der Waals surface area contributed by atoms with Gasteiger partial charge in [0.25, 0.3) is 5.91 Å². The highest BCUT2D eigenvalue weighted by atomic mass is 19.1. The largest absolute Gasteiger partial charge is 0.369 e. The van der Waals surface area contributed by atoms with Gasteiger partial charge in [0.15, 0.2) is 11.6 Å². The normalized spacial score (nSPS) is 12.3. The summed E-state index contributed by atoms with van der Waals surface area (Å²) in [6, 6.07) is 0.689. The standard InChI is InChI=1S/C13H18F2N2O2/c1-4-5-6-19-9(2)13(18)17(3)12-11(15)7-10(14)8-16-12/h7-9H,4-6H2,1-3H3/t9-/m1/s1. The monoisotopic (exact) mass is 272 g/mol. The molecular weight excluding hydrogens is 254 g/mol. The highest BCUT2D eigenvalue weighted by molar-refractivity contribution is 5.95. The van der Waals surface area contributed by atoms with Crippen LogP contribution in [0.5, 0.6) is 0 Å². The van der Waals surface area contributed by atoms with Crippen LogP contribution in [-0.4, -0.2) is 30.6 Å². The summed E-state index contributed by atoms with van der Waals surface area (Å²) in [5, 5.41) is 0. The van der Waals surface area contributed by atoms with Gasteiger partial charge in [-0.15, -0.1) is 0 Å². The van der Waals surface area contributed by atoms with Gasteiger partial charge in [0, 0.05) is 19.7 Å². The Morgan fingerprint density at radius 3 is 2.79 bits per heavy atom. The number of carbonyl (C=O) groups is 1. The van der Waals surface area contributed by atoms with E-state index in [1.165, 1.54) is 7.05 Å². The maximum Gasteiger partial charge on any atom is 0.256 e. The van der Waals surface area contributed by atoms with Crippen LogP contribution in [0.3, 0.4) is 0 Å². The Balaban J connectivity index is 2.70. The predicted octanol–water partition coefficient (Wildman–Crippen LogP) is 2.53. The van der Waals surface area contributed by atoms with Crippen molar-refractivity contribution in [1.82, 2.24) is 4.98 Å². The number of nitrogens with zero attached hydrogens (tertiary/aromatic N) is 2. The molecule has 4 nitrogen and oxygen atoms in total. The summed E-state index contributed by atoms with van der Waals surface area (Å²) in [6.45, 7) is 4.08. The van der Waals surface area contributed by atoms with Crippen molar-refractivity contribution in [3.8, 4) is 0 Å². The van der Waals surface area contributed by atoms with Gasteiger partial charge in [0.1, 0.15) is 11.9 Å². The summed E-state index contributed by atoms with van der Waals surface area (Å²) in [6.07, 6.45) is 1.99. The Bertz CT molecular complexity index is 441. The number of rotatable bonds is 6. The van der Waals surface area contributed by atoms with Crippen LogP contribution in [0.4, 0.5) is 14.6 Å².